The Labute approximate surface area is 106 Å². The number of rotatable bonds is 3. The van der Waals surface area contributed by atoms with E-state index in [2.05, 4.69) is 21.7 Å². The van der Waals surface area contributed by atoms with Crippen LogP contribution in [0.5, 0.6) is 0 Å². The quantitative estimate of drug-likeness (QED) is 0.816. The van der Waals surface area contributed by atoms with E-state index in [-0.39, 0.29) is 5.54 Å². The largest absolute Gasteiger partial charge is 0.347 e. The number of fused-ring (bicyclic) bond motifs is 1. The number of hydrogen-bond donors (Lipinski definition) is 0. The summed E-state index contributed by atoms with van der Waals surface area (Å²) in [6.45, 7) is 2.02. The van der Waals surface area contributed by atoms with Crippen molar-refractivity contribution in [3.63, 3.8) is 0 Å². The lowest BCUT2D eigenvalue weighted by Crippen LogP contribution is -2.56. The Balaban J connectivity index is 1.79. The second-order valence-corrected chi connectivity index (χ2v) is 6.30. The zero-order chi connectivity index (χ0) is 12.0. The predicted octanol–water partition coefficient (Wildman–Crippen LogP) is 1.80. The maximum absolute atomic E-state index is 12.3. The molecule has 4 rings (SSSR count). The van der Waals surface area contributed by atoms with Gasteiger partial charge in [0.15, 0.2) is 0 Å². The third kappa shape index (κ3) is 1.62. The highest BCUT2D eigenvalue weighted by Gasteiger charge is 2.60. The Hall–Kier alpha value is -0.870. The van der Waals surface area contributed by atoms with Crippen molar-refractivity contribution in [3.05, 3.63) is 22.4 Å². The van der Waals surface area contributed by atoms with Gasteiger partial charge in [-0.05, 0) is 41.1 Å². The van der Waals surface area contributed by atoms with E-state index in [0.29, 0.717) is 5.91 Å². The van der Waals surface area contributed by atoms with Crippen molar-refractivity contribution in [2.75, 3.05) is 20.6 Å². The average Bonchev–Trinajstić information content (AvgIpc) is 2.90. The summed E-state index contributed by atoms with van der Waals surface area (Å²) in [5.74, 6) is 1.04. The van der Waals surface area contributed by atoms with Crippen LogP contribution < -0.4 is 0 Å². The Bertz CT molecular complexity index is 421. The molecule has 3 heterocycles. The van der Waals surface area contributed by atoms with Gasteiger partial charge in [-0.1, -0.05) is 0 Å². The minimum Gasteiger partial charge on any atom is -0.347 e. The zero-order valence-corrected chi connectivity index (χ0v) is 11.2. The van der Waals surface area contributed by atoms with Crippen molar-refractivity contribution in [1.82, 2.24) is 9.80 Å². The van der Waals surface area contributed by atoms with Crippen LogP contribution in [0.2, 0.25) is 0 Å². The smallest absolute Gasteiger partial charge is 0.242 e. The highest BCUT2D eigenvalue weighted by molar-refractivity contribution is 7.07. The first-order valence-corrected chi connectivity index (χ1v) is 7.04. The lowest BCUT2D eigenvalue weighted by Gasteiger charge is -2.42. The molecular weight excluding hydrogens is 232 g/mol. The standard InChI is InChI=1S/C13H18N2OS/c1-14(2)12(16)13-5-11(6-13)8-15(13)7-10-3-4-17-9-10/h3-4,9,11H,5-8H2,1-2H3. The highest BCUT2D eigenvalue weighted by atomic mass is 32.1. The van der Waals surface area contributed by atoms with Crippen LogP contribution in [0, 0.1) is 5.92 Å². The van der Waals surface area contributed by atoms with Crippen molar-refractivity contribution >= 4 is 17.2 Å². The molecule has 3 nitrogen and oxygen atoms in total. The minimum absolute atomic E-state index is 0.171. The van der Waals surface area contributed by atoms with Gasteiger partial charge >= 0.3 is 0 Å². The van der Waals surface area contributed by atoms with E-state index in [1.165, 1.54) is 5.56 Å². The first-order chi connectivity index (χ1) is 8.12. The second kappa shape index (κ2) is 3.82. The average molecular weight is 250 g/mol. The van der Waals surface area contributed by atoms with Crippen LogP contribution in [-0.2, 0) is 11.3 Å². The van der Waals surface area contributed by atoms with Crippen LogP contribution in [0.1, 0.15) is 18.4 Å². The van der Waals surface area contributed by atoms with E-state index in [1.54, 1.807) is 16.2 Å². The normalized spacial score (nSPS) is 31.3. The van der Waals surface area contributed by atoms with E-state index in [9.17, 15) is 4.79 Å². The first kappa shape index (κ1) is 11.2. The van der Waals surface area contributed by atoms with Crippen molar-refractivity contribution in [3.8, 4) is 0 Å². The van der Waals surface area contributed by atoms with Gasteiger partial charge in [0, 0.05) is 27.2 Å². The van der Waals surface area contributed by atoms with E-state index < -0.39 is 0 Å². The van der Waals surface area contributed by atoms with Crippen LogP contribution in [0.15, 0.2) is 16.8 Å². The van der Waals surface area contributed by atoms with Gasteiger partial charge in [0.1, 0.15) is 5.54 Å². The Morgan fingerprint density at radius 2 is 2.35 bits per heavy atom. The molecule has 0 aromatic carbocycles. The van der Waals surface area contributed by atoms with Crippen molar-refractivity contribution < 1.29 is 4.79 Å². The second-order valence-electron chi connectivity index (χ2n) is 5.52. The molecule has 3 fully saturated rings. The summed E-state index contributed by atoms with van der Waals surface area (Å²) in [7, 11) is 3.73. The fraction of sp³-hybridized carbons (Fsp3) is 0.615. The fourth-order valence-electron chi connectivity index (χ4n) is 3.31. The molecule has 1 saturated carbocycles. The third-order valence-corrected chi connectivity index (χ3v) is 4.83. The highest BCUT2D eigenvalue weighted by Crippen LogP contribution is 2.51. The number of likely N-dealkylation sites (N-methyl/N-ethyl adjacent to an activating group) is 1. The molecule has 92 valence electrons. The number of thiophene rings is 1. The Kier molecular flexibility index (Phi) is 2.52. The van der Waals surface area contributed by atoms with E-state index in [1.807, 2.05) is 14.1 Å². The molecule has 4 heteroatoms. The van der Waals surface area contributed by atoms with Gasteiger partial charge in [0.05, 0.1) is 0 Å². The minimum atomic E-state index is -0.171. The molecule has 17 heavy (non-hydrogen) atoms. The Morgan fingerprint density at radius 3 is 2.94 bits per heavy atom. The van der Waals surface area contributed by atoms with Crippen LogP contribution in [0.4, 0.5) is 0 Å². The molecule has 2 saturated heterocycles. The van der Waals surface area contributed by atoms with Gasteiger partial charge in [0.2, 0.25) is 5.91 Å². The Morgan fingerprint density at radius 1 is 1.59 bits per heavy atom. The van der Waals surface area contributed by atoms with Gasteiger partial charge in [0.25, 0.3) is 0 Å². The molecule has 2 aliphatic heterocycles. The maximum atomic E-state index is 12.3. The number of carbonyl (C=O) groups excluding carboxylic acids is 1. The van der Waals surface area contributed by atoms with Gasteiger partial charge in [-0.3, -0.25) is 9.69 Å². The van der Waals surface area contributed by atoms with Crippen LogP contribution >= 0.6 is 11.3 Å². The van der Waals surface area contributed by atoms with Crippen molar-refractivity contribution in [2.45, 2.75) is 24.9 Å². The van der Waals surface area contributed by atoms with E-state index >= 15 is 0 Å². The summed E-state index contributed by atoms with van der Waals surface area (Å²) in [6.07, 6.45) is 2.13. The molecule has 1 aliphatic carbocycles. The maximum Gasteiger partial charge on any atom is 0.242 e. The molecule has 2 bridgehead atoms. The number of carbonyl (C=O) groups is 1. The summed E-state index contributed by atoms with van der Waals surface area (Å²) < 4.78 is 0. The molecule has 0 N–H and O–H groups in total. The van der Waals surface area contributed by atoms with Crippen LogP contribution in [0.3, 0.4) is 0 Å². The molecule has 1 aromatic rings. The number of amides is 1. The summed E-state index contributed by atoms with van der Waals surface area (Å²) in [5.41, 5.74) is 1.17. The summed E-state index contributed by atoms with van der Waals surface area (Å²) in [6, 6.07) is 2.16. The molecule has 3 aliphatic rings. The lowest BCUT2D eigenvalue weighted by molar-refractivity contribution is -0.143. The molecule has 0 unspecified atom stereocenters. The summed E-state index contributed by atoms with van der Waals surface area (Å²) in [5, 5.41) is 4.29. The van der Waals surface area contributed by atoms with Crippen LogP contribution in [-0.4, -0.2) is 41.9 Å². The van der Waals surface area contributed by atoms with Crippen molar-refractivity contribution in [1.29, 1.82) is 0 Å². The van der Waals surface area contributed by atoms with Gasteiger partial charge in [-0.2, -0.15) is 11.3 Å². The molecule has 1 amide bonds. The topological polar surface area (TPSA) is 23.6 Å². The van der Waals surface area contributed by atoms with Gasteiger partial charge < -0.3 is 4.90 Å². The molecule has 0 radical (unpaired) electrons. The molecular formula is C13H18N2OS. The first-order valence-electron chi connectivity index (χ1n) is 6.10. The van der Waals surface area contributed by atoms with Gasteiger partial charge in [-0.15, -0.1) is 0 Å². The molecule has 1 aromatic heterocycles. The van der Waals surface area contributed by atoms with Crippen LogP contribution in [0.25, 0.3) is 0 Å². The predicted molar refractivity (Wildman–Crippen MR) is 68.9 cm³/mol. The van der Waals surface area contributed by atoms with E-state index in [4.69, 9.17) is 0 Å². The van der Waals surface area contributed by atoms with E-state index in [0.717, 1.165) is 31.8 Å². The number of hydrogen-bond acceptors (Lipinski definition) is 3. The summed E-state index contributed by atoms with van der Waals surface area (Å²) in [4.78, 5) is 16.5. The monoisotopic (exact) mass is 250 g/mol. The zero-order valence-electron chi connectivity index (χ0n) is 10.3. The SMILES string of the molecule is CN(C)C(=O)C12CC(CN1Cc1ccsc1)C2. The third-order valence-electron chi connectivity index (χ3n) is 4.09. The van der Waals surface area contributed by atoms with Gasteiger partial charge in [-0.25, -0.2) is 0 Å². The molecule has 0 spiro atoms. The fourth-order valence-corrected chi connectivity index (χ4v) is 3.97. The number of nitrogens with zero attached hydrogens (tertiary/aromatic N) is 2. The lowest BCUT2D eigenvalue weighted by atomic mass is 9.72. The van der Waals surface area contributed by atoms with Crippen molar-refractivity contribution in [2.24, 2.45) is 5.92 Å². The molecule has 0 atom stereocenters. The summed E-state index contributed by atoms with van der Waals surface area (Å²) >= 11 is 1.73.